The molecule has 0 bridgehead atoms. The number of esters is 1. The summed E-state index contributed by atoms with van der Waals surface area (Å²) in [6.07, 6.45) is 7.49. The fourth-order valence-electron chi connectivity index (χ4n) is 10.2. The molecule has 0 aromatic rings. The van der Waals surface area contributed by atoms with Crippen molar-refractivity contribution in [2.45, 2.75) is 119 Å². The molecule has 8 unspecified atom stereocenters. The zero-order valence-corrected chi connectivity index (χ0v) is 26.1. The van der Waals surface area contributed by atoms with Gasteiger partial charge in [0.2, 0.25) is 0 Å². The van der Waals surface area contributed by atoms with Gasteiger partial charge in [-0.3, -0.25) is 14.4 Å². The first kappa shape index (κ1) is 31.5. The van der Waals surface area contributed by atoms with Gasteiger partial charge in [-0.1, -0.05) is 66.2 Å². The van der Waals surface area contributed by atoms with Crippen LogP contribution in [0.2, 0.25) is 0 Å². The van der Waals surface area contributed by atoms with Gasteiger partial charge in [0.05, 0.1) is 0 Å². The highest BCUT2D eigenvalue weighted by Crippen LogP contribution is 2.72. The van der Waals surface area contributed by atoms with Gasteiger partial charge in [-0.05, 0) is 85.4 Å². The van der Waals surface area contributed by atoms with Crippen LogP contribution in [0.3, 0.4) is 0 Å². The smallest absolute Gasteiger partial charge is 0.331 e. The lowest BCUT2D eigenvalue weighted by molar-refractivity contribution is -0.172. The van der Waals surface area contributed by atoms with Crippen LogP contribution in [0, 0.1) is 45.3 Å². The topological polar surface area (TPSA) is 118 Å². The summed E-state index contributed by atoms with van der Waals surface area (Å²) in [7, 11) is 0. The number of hydrogen-bond acceptors (Lipinski definition) is 5. The third kappa shape index (κ3) is 4.99. The van der Waals surface area contributed by atoms with Crippen molar-refractivity contribution in [3.63, 3.8) is 0 Å². The average Bonchev–Trinajstić information content (AvgIpc) is 3.15. The van der Waals surface area contributed by atoms with Crippen molar-refractivity contribution in [3.05, 3.63) is 23.3 Å². The Morgan fingerprint density at radius 3 is 2.20 bits per heavy atom. The molecule has 4 aliphatic carbocycles. The molecular formula is C34H50O7. The number of carboxylic acid groups (broad SMARTS) is 2. The monoisotopic (exact) mass is 570 g/mol. The molecule has 2 N–H and O–H groups in total. The van der Waals surface area contributed by atoms with Crippen LogP contribution in [0.15, 0.2) is 23.3 Å². The minimum Gasteiger partial charge on any atom is -0.481 e. The fourth-order valence-corrected chi connectivity index (χ4v) is 10.2. The molecule has 7 nitrogen and oxygen atoms in total. The molecule has 2 saturated carbocycles. The Bertz CT molecular complexity index is 1180. The number of ketones is 1. The van der Waals surface area contributed by atoms with Crippen LogP contribution >= 0.6 is 0 Å². The van der Waals surface area contributed by atoms with E-state index < -0.39 is 30.2 Å². The van der Waals surface area contributed by atoms with Crippen LogP contribution < -0.4 is 0 Å². The molecule has 228 valence electrons. The molecule has 0 amide bonds. The maximum atomic E-state index is 13.0. The minimum atomic E-state index is -1.16. The summed E-state index contributed by atoms with van der Waals surface area (Å²) in [6, 6.07) is 0. The van der Waals surface area contributed by atoms with E-state index in [2.05, 4.69) is 48.1 Å². The molecule has 41 heavy (non-hydrogen) atoms. The summed E-state index contributed by atoms with van der Waals surface area (Å²) >= 11 is 0. The standard InChI is InChI=1S/C34H50O7/c1-19(17-25(35)20(2)21(3)30(39)40)22-11-15-34(8)24-9-10-26-31(4,5)27(41-29(38)18-28(36)37)13-14-32(26,6)23(24)12-16-33(22,34)7/h19-20,22,26-27H,3,9-18H2,1-2,4-8H3,(H,36,37)(H,39,40). The van der Waals surface area contributed by atoms with Crippen LogP contribution in [0.25, 0.3) is 0 Å². The highest BCUT2D eigenvalue weighted by Gasteiger charge is 2.63. The van der Waals surface area contributed by atoms with E-state index in [-0.39, 0.29) is 45.0 Å². The molecule has 0 aliphatic heterocycles. The first-order chi connectivity index (χ1) is 18.9. The van der Waals surface area contributed by atoms with Crippen molar-refractivity contribution in [2.75, 3.05) is 0 Å². The lowest BCUT2D eigenvalue weighted by atomic mass is 9.43. The molecule has 0 radical (unpaired) electrons. The van der Waals surface area contributed by atoms with Crippen molar-refractivity contribution in [1.82, 2.24) is 0 Å². The van der Waals surface area contributed by atoms with E-state index in [0.29, 0.717) is 18.3 Å². The number of allylic oxidation sites excluding steroid dienone is 2. The number of ether oxygens (including phenoxy) is 1. The number of rotatable bonds is 9. The van der Waals surface area contributed by atoms with Gasteiger partial charge in [0.15, 0.2) is 0 Å². The Kier molecular flexibility index (Phi) is 8.20. The number of Topliss-reactive ketones (excluding diaryl/α,β-unsaturated/α-hetero) is 1. The second kappa shape index (κ2) is 10.7. The van der Waals surface area contributed by atoms with Crippen molar-refractivity contribution in [2.24, 2.45) is 45.3 Å². The first-order valence-corrected chi connectivity index (χ1v) is 15.5. The molecule has 0 saturated heterocycles. The minimum absolute atomic E-state index is 0.0173. The maximum Gasteiger partial charge on any atom is 0.331 e. The molecule has 0 spiro atoms. The number of aliphatic carboxylic acids is 2. The zero-order valence-electron chi connectivity index (χ0n) is 26.1. The van der Waals surface area contributed by atoms with Gasteiger partial charge in [0.1, 0.15) is 18.3 Å². The van der Waals surface area contributed by atoms with Crippen molar-refractivity contribution >= 4 is 23.7 Å². The van der Waals surface area contributed by atoms with E-state index in [9.17, 15) is 24.3 Å². The predicted molar refractivity (Wildman–Crippen MR) is 156 cm³/mol. The molecule has 2 fully saturated rings. The second-order valence-electron chi connectivity index (χ2n) is 15.0. The molecule has 4 rings (SSSR count). The quantitative estimate of drug-likeness (QED) is 0.133. The highest BCUT2D eigenvalue weighted by atomic mass is 16.5. The van der Waals surface area contributed by atoms with Gasteiger partial charge in [0, 0.05) is 23.3 Å². The molecular weight excluding hydrogens is 520 g/mol. The van der Waals surface area contributed by atoms with Crippen LogP contribution in [-0.2, 0) is 23.9 Å². The Morgan fingerprint density at radius 2 is 1.59 bits per heavy atom. The highest BCUT2D eigenvalue weighted by molar-refractivity contribution is 5.96. The number of carbonyl (C=O) groups is 4. The van der Waals surface area contributed by atoms with Gasteiger partial charge in [-0.15, -0.1) is 0 Å². The average molecular weight is 571 g/mol. The van der Waals surface area contributed by atoms with Crippen LogP contribution in [0.4, 0.5) is 0 Å². The lowest BCUT2D eigenvalue weighted by Crippen LogP contribution is -2.56. The first-order valence-electron chi connectivity index (χ1n) is 15.5. The van der Waals surface area contributed by atoms with Gasteiger partial charge < -0.3 is 14.9 Å². The Hall–Kier alpha value is -2.44. The summed E-state index contributed by atoms with van der Waals surface area (Å²) in [4.78, 5) is 47.7. The summed E-state index contributed by atoms with van der Waals surface area (Å²) in [5.74, 6) is -2.72. The fraction of sp³-hybridized carbons (Fsp3) is 0.765. The summed E-state index contributed by atoms with van der Waals surface area (Å²) in [5.41, 5.74) is 3.08. The number of hydrogen-bond donors (Lipinski definition) is 2. The molecule has 0 aromatic carbocycles. The lowest BCUT2D eigenvalue weighted by Gasteiger charge is -2.62. The molecule has 0 heterocycles. The van der Waals surface area contributed by atoms with Gasteiger partial charge >= 0.3 is 17.9 Å². The van der Waals surface area contributed by atoms with E-state index in [0.717, 1.165) is 51.4 Å². The van der Waals surface area contributed by atoms with Crippen LogP contribution in [-0.4, -0.2) is 40.0 Å². The van der Waals surface area contributed by atoms with E-state index in [1.807, 2.05) is 0 Å². The molecule has 8 atom stereocenters. The predicted octanol–water partition coefficient (Wildman–Crippen LogP) is 6.99. The van der Waals surface area contributed by atoms with Gasteiger partial charge in [-0.2, -0.15) is 0 Å². The van der Waals surface area contributed by atoms with Gasteiger partial charge in [-0.25, -0.2) is 4.79 Å². The summed E-state index contributed by atoms with van der Waals surface area (Å²) in [5, 5.41) is 18.3. The van der Waals surface area contributed by atoms with Crippen LogP contribution in [0.1, 0.15) is 113 Å². The van der Waals surface area contributed by atoms with Gasteiger partial charge in [0.25, 0.3) is 0 Å². The SMILES string of the molecule is C=C(C(=O)O)C(C)C(=O)CC(C)C1CCC2(C)C3=C(CCC12C)C1(C)CCC(OC(=O)CC(=O)O)C(C)(C)C1CC3. The maximum absolute atomic E-state index is 13.0. The third-order valence-corrected chi connectivity index (χ3v) is 12.8. The number of carboxylic acids is 2. The normalized spacial score (nSPS) is 37.2. The van der Waals surface area contributed by atoms with Crippen LogP contribution in [0.5, 0.6) is 0 Å². The Morgan fingerprint density at radius 1 is 0.927 bits per heavy atom. The van der Waals surface area contributed by atoms with Crippen molar-refractivity contribution < 1.29 is 34.1 Å². The zero-order chi connectivity index (χ0) is 30.7. The largest absolute Gasteiger partial charge is 0.481 e. The van der Waals surface area contributed by atoms with E-state index in [1.54, 1.807) is 18.1 Å². The van der Waals surface area contributed by atoms with E-state index in [4.69, 9.17) is 9.84 Å². The summed E-state index contributed by atoms with van der Waals surface area (Å²) in [6.45, 7) is 19.1. The molecule has 0 aromatic heterocycles. The Balaban J connectivity index is 1.57. The molecule has 4 aliphatic rings. The number of carbonyl (C=O) groups excluding carboxylic acids is 2. The van der Waals surface area contributed by atoms with Crippen molar-refractivity contribution in [1.29, 1.82) is 0 Å². The van der Waals surface area contributed by atoms with E-state index >= 15 is 0 Å². The Labute approximate surface area is 245 Å². The molecule has 7 heteroatoms. The van der Waals surface area contributed by atoms with Crippen molar-refractivity contribution in [3.8, 4) is 0 Å². The second-order valence-corrected chi connectivity index (χ2v) is 15.0. The third-order valence-electron chi connectivity index (χ3n) is 12.8. The summed E-state index contributed by atoms with van der Waals surface area (Å²) < 4.78 is 5.77. The number of fused-ring (bicyclic) bond motifs is 4. The van der Waals surface area contributed by atoms with E-state index in [1.165, 1.54) is 0 Å².